The standard InChI is InChI=1S/C28H23FO3/c1-3-23(24-14-13-22(29)16-18(24)2)28(26-17-21-6-4-5-7-25(21)32-26)20-11-8-19(9-12-20)10-15-27(30)31/h4-17H,3H2,1-2H3,(H,30,31)/b15-10+,28-23+. The van der Waals surface area contributed by atoms with Crippen molar-refractivity contribution in [1.82, 2.24) is 0 Å². The van der Waals surface area contributed by atoms with Crippen LogP contribution in [0.1, 0.15) is 41.4 Å². The van der Waals surface area contributed by atoms with Gasteiger partial charge in [0, 0.05) is 17.0 Å². The SMILES string of the molecule is CC/C(=C(/c1ccc(/C=C/C(=O)O)cc1)c1cc2ccccc2o1)c1ccc(F)cc1C. The Morgan fingerprint density at radius 1 is 1.03 bits per heavy atom. The fraction of sp³-hybridized carbons (Fsp3) is 0.107. The number of carboxylic acids is 1. The maximum absolute atomic E-state index is 13.8. The van der Waals surface area contributed by atoms with Gasteiger partial charge in [-0.2, -0.15) is 0 Å². The van der Waals surface area contributed by atoms with E-state index >= 15 is 0 Å². The maximum Gasteiger partial charge on any atom is 0.328 e. The Hall–Kier alpha value is -3.92. The van der Waals surface area contributed by atoms with Crippen LogP contribution in [0.15, 0.2) is 83.3 Å². The highest BCUT2D eigenvalue weighted by molar-refractivity contribution is 6.00. The Morgan fingerprint density at radius 3 is 2.44 bits per heavy atom. The molecule has 4 heteroatoms. The van der Waals surface area contributed by atoms with Gasteiger partial charge in [-0.05, 0) is 71.5 Å². The summed E-state index contributed by atoms with van der Waals surface area (Å²) in [5.41, 5.74) is 6.35. The summed E-state index contributed by atoms with van der Waals surface area (Å²) >= 11 is 0. The van der Waals surface area contributed by atoms with E-state index in [9.17, 15) is 9.18 Å². The topological polar surface area (TPSA) is 50.4 Å². The van der Waals surface area contributed by atoms with E-state index in [1.807, 2.05) is 67.6 Å². The van der Waals surface area contributed by atoms with Gasteiger partial charge in [-0.1, -0.05) is 55.5 Å². The third kappa shape index (κ3) is 4.40. The molecule has 160 valence electrons. The molecule has 4 aromatic rings. The molecule has 32 heavy (non-hydrogen) atoms. The molecule has 0 saturated carbocycles. The lowest BCUT2D eigenvalue weighted by molar-refractivity contribution is -0.131. The zero-order valence-electron chi connectivity index (χ0n) is 17.9. The molecule has 0 atom stereocenters. The lowest BCUT2D eigenvalue weighted by Crippen LogP contribution is -1.97. The first-order valence-electron chi connectivity index (χ1n) is 10.5. The number of aliphatic carboxylic acids is 1. The summed E-state index contributed by atoms with van der Waals surface area (Å²) in [6, 6.07) is 22.4. The summed E-state index contributed by atoms with van der Waals surface area (Å²) in [5, 5.41) is 9.89. The molecule has 0 unspecified atom stereocenters. The van der Waals surface area contributed by atoms with Crippen LogP contribution in [-0.4, -0.2) is 11.1 Å². The molecule has 4 rings (SSSR count). The number of hydrogen-bond acceptors (Lipinski definition) is 2. The molecule has 0 radical (unpaired) electrons. The summed E-state index contributed by atoms with van der Waals surface area (Å²) in [7, 11) is 0. The molecule has 0 amide bonds. The summed E-state index contributed by atoms with van der Waals surface area (Å²) in [6.45, 7) is 3.98. The van der Waals surface area contributed by atoms with Gasteiger partial charge in [0.2, 0.25) is 0 Å². The highest BCUT2D eigenvalue weighted by Gasteiger charge is 2.18. The number of hydrogen-bond donors (Lipinski definition) is 1. The van der Waals surface area contributed by atoms with Crippen LogP contribution in [0, 0.1) is 12.7 Å². The first-order valence-corrected chi connectivity index (χ1v) is 10.5. The van der Waals surface area contributed by atoms with Gasteiger partial charge < -0.3 is 9.52 Å². The maximum atomic E-state index is 13.8. The minimum atomic E-state index is -0.989. The van der Waals surface area contributed by atoms with Gasteiger partial charge in [-0.15, -0.1) is 0 Å². The average Bonchev–Trinajstić information content (AvgIpc) is 3.20. The van der Waals surface area contributed by atoms with Crippen LogP contribution >= 0.6 is 0 Å². The smallest absolute Gasteiger partial charge is 0.328 e. The van der Waals surface area contributed by atoms with Crippen LogP contribution in [0.25, 0.3) is 28.2 Å². The van der Waals surface area contributed by atoms with Crippen molar-refractivity contribution in [2.24, 2.45) is 0 Å². The van der Waals surface area contributed by atoms with Crippen LogP contribution in [-0.2, 0) is 4.79 Å². The molecule has 0 aliphatic carbocycles. The predicted molar refractivity (Wildman–Crippen MR) is 127 cm³/mol. The van der Waals surface area contributed by atoms with Crippen molar-refractivity contribution >= 4 is 34.2 Å². The van der Waals surface area contributed by atoms with Gasteiger partial charge in [0.25, 0.3) is 0 Å². The van der Waals surface area contributed by atoms with Crippen molar-refractivity contribution in [1.29, 1.82) is 0 Å². The number of rotatable bonds is 6. The number of halogens is 1. The summed E-state index contributed by atoms with van der Waals surface area (Å²) in [4.78, 5) is 10.8. The second-order valence-corrected chi connectivity index (χ2v) is 7.61. The van der Waals surface area contributed by atoms with E-state index < -0.39 is 5.97 Å². The van der Waals surface area contributed by atoms with Crippen molar-refractivity contribution in [3.63, 3.8) is 0 Å². The third-order valence-corrected chi connectivity index (χ3v) is 5.46. The highest BCUT2D eigenvalue weighted by Crippen LogP contribution is 2.38. The minimum absolute atomic E-state index is 0.262. The lowest BCUT2D eigenvalue weighted by atomic mass is 9.89. The fourth-order valence-electron chi connectivity index (χ4n) is 3.97. The van der Waals surface area contributed by atoms with Gasteiger partial charge >= 0.3 is 5.97 Å². The third-order valence-electron chi connectivity index (χ3n) is 5.46. The van der Waals surface area contributed by atoms with E-state index in [1.165, 1.54) is 6.07 Å². The van der Waals surface area contributed by atoms with Crippen molar-refractivity contribution in [2.75, 3.05) is 0 Å². The largest absolute Gasteiger partial charge is 0.478 e. The summed E-state index contributed by atoms with van der Waals surface area (Å²) < 4.78 is 20.0. The summed E-state index contributed by atoms with van der Waals surface area (Å²) in [6.07, 6.45) is 3.39. The molecule has 0 aliphatic heterocycles. The molecule has 1 heterocycles. The Balaban J connectivity index is 1.93. The predicted octanol–water partition coefficient (Wildman–Crippen LogP) is 7.35. The minimum Gasteiger partial charge on any atom is -0.478 e. The normalized spacial score (nSPS) is 12.3. The monoisotopic (exact) mass is 426 g/mol. The molecule has 1 aromatic heterocycles. The van der Waals surface area contributed by atoms with E-state index in [1.54, 1.807) is 12.1 Å². The van der Waals surface area contributed by atoms with Gasteiger partial charge in [0.15, 0.2) is 0 Å². The Labute approximate surface area is 186 Å². The van der Waals surface area contributed by atoms with Gasteiger partial charge in [0.05, 0.1) is 0 Å². The molecule has 1 N–H and O–H groups in total. The molecule has 0 fully saturated rings. The molecular formula is C28H23FO3. The van der Waals surface area contributed by atoms with Crippen molar-refractivity contribution in [2.45, 2.75) is 20.3 Å². The Morgan fingerprint density at radius 2 is 1.78 bits per heavy atom. The zero-order valence-corrected chi connectivity index (χ0v) is 17.9. The molecule has 0 aliphatic rings. The van der Waals surface area contributed by atoms with E-state index in [0.717, 1.165) is 62.6 Å². The molecule has 0 bridgehead atoms. The van der Waals surface area contributed by atoms with Gasteiger partial charge in [-0.25, -0.2) is 9.18 Å². The van der Waals surface area contributed by atoms with Crippen LogP contribution < -0.4 is 0 Å². The average molecular weight is 426 g/mol. The van der Waals surface area contributed by atoms with Crippen molar-refractivity contribution in [3.8, 4) is 0 Å². The molecule has 0 saturated heterocycles. The zero-order chi connectivity index (χ0) is 22.7. The quantitative estimate of drug-likeness (QED) is 0.259. The van der Waals surface area contributed by atoms with E-state index in [0.29, 0.717) is 0 Å². The Kier molecular flexibility index (Phi) is 6.04. The molecule has 3 aromatic carbocycles. The number of carboxylic acid groups (broad SMARTS) is 1. The van der Waals surface area contributed by atoms with Gasteiger partial charge in [0.1, 0.15) is 17.2 Å². The fourth-order valence-corrected chi connectivity index (χ4v) is 3.97. The van der Waals surface area contributed by atoms with Gasteiger partial charge in [-0.3, -0.25) is 0 Å². The van der Waals surface area contributed by atoms with Crippen LogP contribution in [0.3, 0.4) is 0 Å². The highest BCUT2D eigenvalue weighted by atomic mass is 19.1. The second-order valence-electron chi connectivity index (χ2n) is 7.61. The number of fused-ring (bicyclic) bond motifs is 1. The van der Waals surface area contributed by atoms with Crippen molar-refractivity contribution < 1.29 is 18.7 Å². The molecular weight excluding hydrogens is 403 g/mol. The number of carbonyl (C=O) groups is 1. The number of allylic oxidation sites excluding steroid dienone is 1. The number of aryl methyl sites for hydroxylation is 1. The van der Waals surface area contributed by atoms with E-state index in [-0.39, 0.29) is 5.82 Å². The van der Waals surface area contributed by atoms with E-state index in [4.69, 9.17) is 9.52 Å². The first kappa shape index (κ1) is 21.3. The van der Waals surface area contributed by atoms with Crippen LogP contribution in [0.2, 0.25) is 0 Å². The number of para-hydroxylation sites is 1. The Bertz CT molecular complexity index is 1310. The van der Waals surface area contributed by atoms with Crippen LogP contribution in [0.4, 0.5) is 4.39 Å². The van der Waals surface area contributed by atoms with E-state index in [2.05, 4.69) is 6.92 Å². The summed E-state index contributed by atoms with van der Waals surface area (Å²) in [5.74, 6) is -0.515. The number of benzene rings is 3. The lowest BCUT2D eigenvalue weighted by Gasteiger charge is -2.16. The first-order chi connectivity index (χ1) is 15.5. The van der Waals surface area contributed by atoms with Crippen molar-refractivity contribution in [3.05, 3.63) is 113 Å². The molecule has 3 nitrogen and oxygen atoms in total. The molecule has 0 spiro atoms. The second kappa shape index (κ2) is 9.06. The number of furan rings is 1. The van der Waals surface area contributed by atoms with Crippen LogP contribution in [0.5, 0.6) is 0 Å².